The number of carbonyl (C=O) groups is 1. The van der Waals surface area contributed by atoms with E-state index in [1.807, 2.05) is 0 Å². The van der Waals surface area contributed by atoms with Gasteiger partial charge in [-0.3, -0.25) is 4.79 Å². The third-order valence-electron chi connectivity index (χ3n) is 4.32. The van der Waals surface area contributed by atoms with Gasteiger partial charge in [-0.1, -0.05) is 13.3 Å². The minimum atomic E-state index is -0.589. The third-order valence-corrected chi connectivity index (χ3v) is 4.32. The molecule has 1 N–H and O–H groups in total. The second kappa shape index (κ2) is 5.17. The molecule has 92 valence electrons. The molecular formula is C13H23NO2. The molecule has 0 aromatic heterocycles. The van der Waals surface area contributed by atoms with E-state index in [1.165, 1.54) is 26.1 Å². The number of carboxylic acid groups (broad SMARTS) is 1. The molecule has 2 fully saturated rings. The summed E-state index contributed by atoms with van der Waals surface area (Å²) < 4.78 is 0. The number of aliphatic carboxylic acids is 1. The Morgan fingerprint density at radius 1 is 1.19 bits per heavy atom. The molecule has 1 heterocycles. The summed E-state index contributed by atoms with van der Waals surface area (Å²) in [6.45, 7) is 6.02. The molecule has 3 nitrogen and oxygen atoms in total. The van der Waals surface area contributed by atoms with Crippen molar-refractivity contribution in [3.8, 4) is 0 Å². The summed E-state index contributed by atoms with van der Waals surface area (Å²) in [5, 5.41) is 8.92. The Morgan fingerprint density at radius 2 is 1.81 bits per heavy atom. The molecule has 0 spiro atoms. The van der Waals surface area contributed by atoms with Gasteiger partial charge in [0.1, 0.15) is 0 Å². The van der Waals surface area contributed by atoms with Gasteiger partial charge in [0.15, 0.2) is 0 Å². The van der Waals surface area contributed by atoms with Crippen LogP contribution in [0, 0.1) is 17.8 Å². The molecule has 1 aliphatic carbocycles. The fourth-order valence-corrected chi connectivity index (χ4v) is 3.04. The molecule has 0 atom stereocenters. The summed E-state index contributed by atoms with van der Waals surface area (Å²) in [7, 11) is 0. The molecule has 0 radical (unpaired) electrons. The standard InChI is InChI=1S/C13H23NO2/c1-2-10-7-14(8-10)9-11-3-5-12(6-4-11)13(15)16/h10-12H,2-9H2,1H3,(H,15,16). The highest BCUT2D eigenvalue weighted by molar-refractivity contribution is 5.69. The van der Waals surface area contributed by atoms with Crippen molar-refractivity contribution in [3.63, 3.8) is 0 Å². The Bertz CT molecular complexity index is 240. The van der Waals surface area contributed by atoms with E-state index in [2.05, 4.69) is 11.8 Å². The zero-order valence-electron chi connectivity index (χ0n) is 10.2. The molecule has 1 aliphatic heterocycles. The van der Waals surface area contributed by atoms with E-state index in [0.717, 1.165) is 37.5 Å². The van der Waals surface area contributed by atoms with Gasteiger partial charge >= 0.3 is 5.97 Å². The van der Waals surface area contributed by atoms with Crippen LogP contribution in [-0.4, -0.2) is 35.6 Å². The summed E-state index contributed by atoms with van der Waals surface area (Å²) in [5.41, 5.74) is 0. The molecule has 1 saturated heterocycles. The maximum absolute atomic E-state index is 10.8. The van der Waals surface area contributed by atoms with Gasteiger partial charge in [-0.05, 0) is 37.5 Å². The van der Waals surface area contributed by atoms with E-state index in [4.69, 9.17) is 5.11 Å². The summed E-state index contributed by atoms with van der Waals surface area (Å²) in [5.74, 6) is 1.04. The number of hydrogen-bond acceptors (Lipinski definition) is 2. The lowest BCUT2D eigenvalue weighted by Crippen LogP contribution is -2.48. The smallest absolute Gasteiger partial charge is 0.306 e. The number of hydrogen-bond donors (Lipinski definition) is 1. The highest BCUT2D eigenvalue weighted by atomic mass is 16.4. The first-order valence-corrected chi connectivity index (χ1v) is 6.64. The number of likely N-dealkylation sites (tertiary alicyclic amines) is 1. The van der Waals surface area contributed by atoms with E-state index >= 15 is 0 Å². The van der Waals surface area contributed by atoms with Crippen LogP contribution in [-0.2, 0) is 4.79 Å². The van der Waals surface area contributed by atoms with E-state index in [1.54, 1.807) is 0 Å². The second-order valence-corrected chi connectivity index (χ2v) is 5.55. The van der Waals surface area contributed by atoms with Gasteiger partial charge in [-0.15, -0.1) is 0 Å². The van der Waals surface area contributed by atoms with Crippen LogP contribution in [0.3, 0.4) is 0 Å². The highest BCUT2D eigenvalue weighted by Crippen LogP contribution is 2.31. The summed E-state index contributed by atoms with van der Waals surface area (Å²) in [4.78, 5) is 13.4. The van der Waals surface area contributed by atoms with Gasteiger partial charge in [0.05, 0.1) is 5.92 Å². The maximum Gasteiger partial charge on any atom is 0.306 e. The minimum Gasteiger partial charge on any atom is -0.481 e. The van der Waals surface area contributed by atoms with Crippen molar-refractivity contribution in [2.75, 3.05) is 19.6 Å². The average Bonchev–Trinajstić information content (AvgIpc) is 2.23. The molecule has 2 rings (SSSR count). The Hall–Kier alpha value is -0.570. The topological polar surface area (TPSA) is 40.5 Å². The predicted molar refractivity (Wildman–Crippen MR) is 63.3 cm³/mol. The first-order valence-electron chi connectivity index (χ1n) is 6.64. The fraction of sp³-hybridized carbons (Fsp3) is 0.923. The molecule has 0 amide bonds. The number of nitrogens with zero attached hydrogens (tertiary/aromatic N) is 1. The zero-order valence-corrected chi connectivity index (χ0v) is 10.2. The molecule has 1 saturated carbocycles. The van der Waals surface area contributed by atoms with Crippen molar-refractivity contribution in [2.45, 2.75) is 39.0 Å². The molecule has 0 unspecified atom stereocenters. The Kier molecular flexibility index (Phi) is 3.85. The van der Waals surface area contributed by atoms with Crippen LogP contribution in [0.1, 0.15) is 39.0 Å². The minimum absolute atomic E-state index is 0.0592. The Balaban J connectivity index is 1.64. The van der Waals surface area contributed by atoms with Crippen molar-refractivity contribution in [3.05, 3.63) is 0 Å². The molecule has 0 bridgehead atoms. The summed E-state index contributed by atoms with van der Waals surface area (Å²) >= 11 is 0. The normalized spacial score (nSPS) is 32.3. The van der Waals surface area contributed by atoms with Crippen molar-refractivity contribution in [1.29, 1.82) is 0 Å². The van der Waals surface area contributed by atoms with Gasteiger partial charge < -0.3 is 10.0 Å². The predicted octanol–water partition coefficient (Wildman–Crippen LogP) is 2.22. The largest absolute Gasteiger partial charge is 0.481 e. The highest BCUT2D eigenvalue weighted by Gasteiger charge is 2.30. The lowest BCUT2D eigenvalue weighted by molar-refractivity contribution is -0.143. The van der Waals surface area contributed by atoms with Crippen LogP contribution >= 0.6 is 0 Å². The van der Waals surface area contributed by atoms with Crippen LogP contribution in [0.5, 0.6) is 0 Å². The van der Waals surface area contributed by atoms with Crippen LogP contribution < -0.4 is 0 Å². The van der Waals surface area contributed by atoms with Crippen molar-refractivity contribution in [2.24, 2.45) is 17.8 Å². The lowest BCUT2D eigenvalue weighted by Gasteiger charge is -2.42. The lowest BCUT2D eigenvalue weighted by atomic mass is 9.81. The van der Waals surface area contributed by atoms with Gasteiger partial charge in [-0.2, -0.15) is 0 Å². The number of rotatable bonds is 4. The van der Waals surface area contributed by atoms with Crippen LogP contribution in [0.25, 0.3) is 0 Å². The maximum atomic E-state index is 10.8. The van der Waals surface area contributed by atoms with E-state index < -0.39 is 5.97 Å². The first-order chi connectivity index (χ1) is 7.69. The van der Waals surface area contributed by atoms with Gasteiger partial charge in [0.25, 0.3) is 0 Å². The van der Waals surface area contributed by atoms with Crippen molar-refractivity contribution >= 4 is 5.97 Å². The van der Waals surface area contributed by atoms with Gasteiger partial charge in [-0.25, -0.2) is 0 Å². The van der Waals surface area contributed by atoms with E-state index in [0.29, 0.717) is 0 Å². The summed E-state index contributed by atoms with van der Waals surface area (Å²) in [6, 6.07) is 0. The van der Waals surface area contributed by atoms with Crippen molar-refractivity contribution in [1.82, 2.24) is 4.90 Å². The first kappa shape index (κ1) is 11.9. The monoisotopic (exact) mass is 225 g/mol. The zero-order chi connectivity index (χ0) is 11.5. The van der Waals surface area contributed by atoms with Crippen LogP contribution in [0.2, 0.25) is 0 Å². The van der Waals surface area contributed by atoms with Crippen molar-refractivity contribution < 1.29 is 9.90 Å². The van der Waals surface area contributed by atoms with Gasteiger partial charge in [0.2, 0.25) is 0 Å². The Morgan fingerprint density at radius 3 is 2.31 bits per heavy atom. The Labute approximate surface area is 97.8 Å². The van der Waals surface area contributed by atoms with Gasteiger partial charge in [0, 0.05) is 19.6 Å². The molecule has 16 heavy (non-hydrogen) atoms. The quantitative estimate of drug-likeness (QED) is 0.797. The molecular weight excluding hydrogens is 202 g/mol. The van der Waals surface area contributed by atoms with Crippen LogP contribution in [0.15, 0.2) is 0 Å². The summed E-state index contributed by atoms with van der Waals surface area (Å²) in [6.07, 6.45) is 5.33. The molecule has 3 heteroatoms. The third kappa shape index (κ3) is 2.76. The average molecular weight is 225 g/mol. The molecule has 2 aliphatic rings. The molecule has 0 aromatic rings. The van der Waals surface area contributed by atoms with Crippen LogP contribution in [0.4, 0.5) is 0 Å². The number of carboxylic acids is 1. The SMILES string of the molecule is CCC1CN(CC2CCC(C(=O)O)CC2)C1. The van der Waals surface area contributed by atoms with E-state index in [-0.39, 0.29) is 5.92 Å². The molecule has 0 aromatic carbocycles. The second-order valence-electron chi connectivity index (χ2n) is 5.55. The van der Waals surface area contributed by atoms with E-state index in [9.17, 15) is 4.79 Å². The fourth-order valence-electron chi connectivity index (χ4n) is 3.04.